The smallest absolute Gasteiger partial charge is 0.253 e. The molecule has 6 nitrogen and oxygen atoms in total. The fourth-order valence-corrected chi connectivity index (χ4v) is 6.36. The van der Waals surface area contributed by atoms with Gasteiger partial charge in [-0.2, -0.15) is 5.10 Å². The molecule has 0 radical (unpaired) electrons. The Bertz CT molecular complexity index is 1330. The quantitative estimate of drug-likeness (QED) is 0.312. The standard InChI is InChI=1S/C35H46N4O2/c1-25(2)11-16-38-17-12-30(13-18-38)34(40)22-32-21-31(6-5-26(32)3)35(41)39-19-14-29(15-20-39)27-7-9-28(10-8-27)33-23-36-37(4)24-33/h5-10,21,23-25,29-30H,11-20,22H2,1-4H3. The van der Waals surface area contributed by atoms with Gasteiger partial charge in [-0.05, 0) is 105 Å². The van der Waals surface area contributed by atoms with E-state index in [4.69, 9.17) is 0 Å². The van der Waals surface area contributed by atoms with E-state index < -0.39 is 0 Å². The van der Waals surface area contributed by atoms with Gasteiger partial charge in [-0.25, -0.2) is 0 Å². The summed E-state index contributed by atoms with van der Waals surface area (Å²) >= 11 is 0. The molecule has 0 N–H and O–H groups in total. The zero-order chi connectivity index (χ0) is 28.9. The number of likely N-dealkylation sites (tertiary alicyclic amines) is 2. The van der Waals surface area contributed by atoms with E-state index in [1.165, 1.54) is 17.5 Å². The first kappa shape index (κ1) is 29.2. The van der Waals surface area contributed by atoms with Crippen LogP contribution in [0.1, 0.15) is 78.9 Å². The summed E-state index contributed by atoms with van der Waals surface area (Å²) in [5.41, 5.74) is 6.45. The minimum Gasteiger partial charge on any atom is -0.339 e. The van der Waals surface area contributed by atoms with Crippen LogP contribution in [0.5, 0.6) is 0 Å². The van der Waals surface area contributed by atoms with Gasteiger partial charge in [0.15, 0.2) is 0 Å². The highest BCUT2D eigenvalue weighted by Gasteiger charge is 2.27. The van der Waals surface area contributed by atoms with Crippen LogP contribution in [0.15, 0.2) is 54.9 Å². The Labute approximate surface area is 245 Å². The second kappa shape index (κ2) is 13.2. The number of amides is 1. The minimum atomic E-state index is 0.0857. The normalized spacial score (nSPS) is 17.3. The summed E-state index contributed by atoms with van der Waals surface area (Å²) in [6.07, 6.45) is 9.41. The summed E-state index contributed by atoms with van der Waals surface area (Å²) < 4.78 is 1.82. The first-order chi connectivity index (χ1) is 19.8. The van der Waals surface area contributed by atoms with Crippen LogP contribution < -0.4 is 0 Å². The lowest BCUT2D eigenvalue weighted by molar-refractivity contribution is -0.123. The van der Waals surface area contributed by atoms with Crippen molar-refractivity contribution in [3.8, 4) is 11.1 Å². The van der Waals surface area contributed by atoms with Gasteiger partial charge < -0.3 is 9.80 Å². The van der Waals surface area contributed by atoms with E-state index in [0.717, 1.165) is 81.0 Å². The van der Waals surface area contributed by atoms with Crippen LogP contribution in [0.25, 0.3) is 11.1 Å². The number of hydrogen-bond donors (Lipinski definition) is 0. The maximum Gasteiger partial charge on any atom is 0.253 e. The van der Waals surface area contributed by atoms with E-state index in [-0.39, 0.29) is 11.8 Å². The molecule has 3 aromatic rings. The Morgan fingerprint density at radius 3 is 2.27 bits per heavy atom. The van der Waals surface area contributed by atoms with Crippen molar-refractivity contribution in [2.24, 2.45) is 18.9 Å². The molecule has 2 aliphatic rings. The van der Waals surface area contributed by atoms with E-state index in [9.17, 15) is 9.59 Å². The van der Waals surface area contributed by atoms with Crippen LogP contribution in [-0.2, 0) is 18.3 Å². The molecular weight excluding hydrogens is 508 g/mol. The molecule has 6 heteroatoms. The molecule has 0 saturated carbocycles. The van der Waals surface area contributed by atoms with E-state index in [2.05, 4.69) is 55.0 Å². The van der Waals surface area contributed by atoms with Gasteiger partial charge >= 0.3 is 0 Å². The molecule has 0 spiro atoms. The van der Waals surface area contributed by atoms with Gasteiger partial charge in [0.2, 0.25) is 0 Å². The zero-order valence-corrected chi connectivity index (χ0v) is 25.3. The highest BCUT2D eigenvalue weighted by molar-refractivity contribution is 5.95. The SMILES string of the molecule is Cc1ccc(C(=O)N2CCC(c3ccc(-c4cnn(C)c4)cc3)CC2)cc1CC(=O)C1CCN(CCC(C)C)CC1. The number of rotatable bonds is 9. The summed E-state index contributed by atoms with van der Waals surface area (Å²) in [7, 11) is 1.93. The molecule has 0 atom stereocenters. The van der Waals surface area contributed by atoms with E-state index in [1.54, 1.807) is 0 Å². The molecule has 2 fully saturated rings. The number of Topliss-reactive ketones (excluding diaryl/α,β-unsaturated/α-hetero) is 1. The topological polar surface area (TPSA) is 58.4 Å². The molecule has 218 valence electrons. The van der Waals surface area contributed by atoms with E-state index in [1.807, 2.05) is 47.2 Å². The minimum absolute atomic E-state index is 0.0857. The molecule has 41 heavy (non-hydrogen) atoms. The van der Waals surface area contributed by atoms with Crippen LogP contribution in [0.3, 0.4) is 0 Å². The first-order valence-corrected chi connectivity index (χ1v) is 15.5. The van der Waals surface area contributed by atoms with Gasteiger partial charge in [0.1, 0.15) is 5.78 Å². The van der Waals surface area contributed by atoms with Crippen LogP contribution in [0, 0.1) is 18.8 Å². The summed E-state index contributed by atoms with van der Waals surface area (Å²) in [6.45, 7) is 11.3. The maximum atomic E-state index is 13.5. The fraction of sp³-hybridized carbons (Fsp3) is 0.514. The molecule has 3 heterocycles. The van der Waals surface area contributed by atoms with Gasteiger partial charge in [0.25, 0.3) is 5.91 Å². The van der Waals surface area contributed by atoms with Gasteiger partial charge in [-0.1, -0.05) is 44.2 Å². The first-order valence-electron chi connectivity index (χ1n) is 15.5. The van der Waals surface area contributed by atoms with Crippen molar-refractivity contribution in [2.45, 2.75) is 65.2 Å². The third-order valence-corrected chi connectivity index (χ3v) is 9.23. The molecule has 0 unspecified atom stereocenters. The average molecular weight is 555 g/mol. The third kappa shape index (κ3) is 7.34. The van der Waals surface area contributed by atoms with Crippen LogP contribution in [0.2, 0.25) is 0 Å². The largest absolute Gasteiger partial charge is 0.339 e. The van der Waals surface area contributed by atoms with Crippen molar-refractivity contribution >= 4 is 11.7 Å². The lowest BCUT2D eigenvalue weighted by Gasteiger charge is -2.32. The molecule has 1 amide bonds. The van der Waals surface area contributed by atoms with Crippen molar-refractivity contribution in [3.05, 3.63) is 77.1 Å². The number of benzene rings is 2. The number of carbonyl (C=O) groups excluding carboxylic acids is 2. The summed E-state index contributed by atoms with van der Waals surface area (Å²) in [4.78, 5) is 31.2. The Morgan fingerprint density at radius 1 is 0.927 bits per heavy atom. The Morgan fingerprint density at radius 2 is 1.63 bits per heavy atom. The second-order valence-corrected chi connectivity index (χ2v) is 12.7. The van der Waals surface area contributed by atoms with Crippen molar-refractivity contribution in [3.63, 3.8) is 0 Å². The number of nitrogens with zero attached hydrogens (tertiary/aromatic N) is 4. The monoisotopic (exact) mass is 554 g/mol. The fourth-order valence-electron chi connectivity index (χ4n) is 6.36. The molecular formula is C35H46N4O2. The number of ketones is 1. The molecule has 2 aliphatic heterocycles. The predicted molar refractivity (Wildman–Crippen MR) is 165 cm³/mol. The summed E-state index contributed by atoms with van der Waals surface area (Å²) in [5.74, 6) is 1.74. The van der Waals surface area contributed by atoms with Crippen LogP contribution in [-0.4, -0.2) is 64.0 Å². The molecule has 2 aromatic carbocycles. The molecule has 0 bridgehead atoms. The Balaban J connectivity index is 1.14. The second-order valence-electron chi connectivity index (χ2n) is 12.7. The van der Waals surface area contributed by atoms with Gasteiger partial charge in [0.05, 0.1) is 6.20 Å². The molecule has 1 aromatic heterocycles. The molecule has 2 saturated heterocycles. The van der Waals surface area contributed by atoms with Gasteiger partial charge in [-0.3, -0.25) is 14.3 Å². The highest BCUT2D eigenvalue weighted by Crippen LogP contribution is 2.31. The van der Waals surface area contributed by atoms with E-state index >= 15 is 0 Å². The maximum absolute atomic E-state index is 13.5. The average Bonchev–Trinajstić information content (AvgIpc) is 3.43. The molecule has 5 rings (SSSR count). The number of aryl methyl sites for hydroxylation is 2. The lowest BCUT2D eigenvalue weighted by Crippen LogP contribution is -2.38. The summed E-state index contributed by atoms with van der Waals surface area (Å²) in [6, 6.07) is 14.7. The number of piperidine rings is 2. The van der Waals surface area contributed by atoms with Crippen LogP contribution in [0.4, 0.5) is 0 Å². The van der Waals surface area contributed by atoms with Crippen molar-refractivity contribution in [1.82, 2.24) is 19.6 Å². The van der Waals surface area contributed by atoms with Crippen molar-refractivity contribution < 1.29 is 9.59 Å². The zero-order valence-electron chi connectivity index (χ0n) is 25.3. The van der Waals surface area contributed by atoms with Gasteiger partial charge in [0, 0.05) is 49.8 Å². The summed E-state index contributed by atoms with van der Waals surface area (Å²) in [5, 5.41) is 4.27. The number of hydrogen-bond acceptors (Lipinski definition) is 4. The van der Waals surface area contributed by atoms with Gasteiger partial charge in [-0.15, -0.1) is 0 Å². The Kier molecular flexibility index (Phi) is 9.39. The lowest BCUT2D eigenvalue weighted by atomic mass is 9.87. The van der Waals surface area contributed by atoms with Crippen molar-refractivity contribution in [1.29, 1.82) is 0 Å². The van der Waals surface area contributed by atoms with Crippen molar-refractivity contribution in [2.75, 3.05) is 32.7 Å². The number of carbonyl (C=O) groups is 2. The molecule has 0 aliphatic carbocycles. The predicted octanol–water partition coefficient (Wildman–Crippen LogP) is 6.29. The Hall–Kier alpha value is -3.25. The number of aromatic nitrogens is 2. The highest BCUT2D eigenvalue weighted by atomic mass is 16.2. The van der Waals surface area contributed by atoms with E-state index in [0.29, 0.717) is 23.7 Å². The third-order valence-electron chi connectivity index (χ3n) is 9.23. The van der Waals surface area contributed by atoms with Crippen LogP contribution >= 0.6 is 0 Å².